The fraction of sp³-hybridized carbons (Fsp3) is 0.353. The first-order valence-electron chi connectivity index (χ1n) is 29.0. The van der Waals surface area contributed by atoms with E-state index in [9.17, 15) is 0 Å². The van der Waals surface area contributed by atoms with Crippen LogP contribution in [0.4, 0.5) is 11.4 Å². The Morgan fingerprint density at radius 2 is 0.872 bits per heavy atom. The molecule has 0 spiro atoms. The first-order valence-corrected chi connectivity index (χ1v) is 29.0. The third-order valence-electron chi connectivity index (χ3n) is 14.6. The van der Waals surface area contributed by atoms with E-state index in [1.165, 1.54) is 0 Å². The molecule has 0 fully saturated rings. The monoisotopic (exact) mass is 1040 g/mol. The molecule has 9 aromatic rings. The highest BCUT2D eigenvalue weighted by atomic mass is 16.5. The summed E-state index contributed by atoms with van der Waals surface area (Å²) in [6.45, 7) is 23.5. The van der Waals surface area contributed by atoms with Gasteiger partial charge in [0.25, 0.3) is 0 Å². The Morgan fingerprint density at radius 3 is 1.38 bits per heavy atom. The van der Waals surface area contributed by atoms with Crippen LogP contribution in [0, 0.1) is 0 Å². The van der Waals surface area contributed by atoms with Crippen LogP contribution in [0.1, 0.15) is 123 Å². The molecule has 5 aromatic carbocycles. The molecule has 0 N–H and O–H groups in total. The van der Waals surface area contributed by atoms with E-state index < -0.39 is 0 Å². The predicted octanol–water partition coefficient (Wildman–Crippen LogP) is 17.6. The van der Waals surface area contributed by atoms with Crippen molar-refractivity contribution in [3.8, 4) is 40.1 Å². The van der Waals surface area contributed by atoms with Crippen molar-refractivity contribution in [2.24, 2.45) is 0 Å². The van der Waals surface area contributed by atoms with Gasteiger partial charge in [0.1, 0.15) is 23.0 Å². The molecule has 0 bridgehead atoms. The smallest absolute Gasteiger partial charge is 0.143 e. The zero-order chi connectivity index (χ0) is 54.4. The zero-order valence-corrected chi connectivity index (χ0v) is 47.5. The van der Waals surface area contributed by atoms with Gasteiger partial charge in [-0.1, -0.05) is 114 Å². The maximum atomic E-state index is 6.36. The number of ether oxygens (including phenoxy) is 4. The van der Waals surface area contributed by atoms with Crippen molar-refractivity contribution in [1.29, 1.82) is 0 Å². The average Bonchev–Trinajstić information content (AvgIpc) is 4.00. The summed E-state index contributed by atoms with van der Waals surface area (Å²) in [7, 11) is 0. The molecule has 4 aromatic heterocycles. The second kappa shape index (κ2) is 26.6. The van der Waals surface area contributed by atoms with E-state index in [1.54, 1.807) is 0 Å². The molecule has 0 aliphatic heterocycles. The van der Waals surface area contributed by atoms with Crippen LogP contribution >= 0.6 is 0 Å². The summed E-state index contributed by atoms with van der Waals surface area (Å²) >= 11 is 0. The number of nitrogens with zero attached hydrogens (tertiary/aromatic N) is 6. The van der Waals surface area contributed by atoms with E-state index in [4.69, 9.17) is 28.9 Å². The number of aromatic nitrogens is 4. The van der Waals surface area contributed by atoms with Crippen LogP contribution in [0.3, 0.4) is 0 Å². The second-order valence-electron chi connectivity index (χ2n) is 20.0. The number of fused-ring (bicyclic) bond motifs is 6. The van der Waals surface area contributed by atoms with Crippen molar-refractivity contribution in [2.75, 3.05) is 62.4 Å². The van der Waals surface area contributed by atoms with Crippen molar-refractivity contribution < 1.29 is 18.9 Å². The molecule has 78 heavy (non-hydrogen) atoms. The SMILES string of the molecule is CCCCN(CCCC)c1cc(OCC)c(/C=C/c2ccc(-n3c4ccccc4c4cc(-c5cc6c7ccccc7n(/C=C/c7cc(OCC)c(N(CCCC)CCCC)cc7OCC)c6cn5)ncc43)cc2)cc1OCC. The van der Waals surface area contributed by atoms with Gasteiger partial charge in [-0.2, -0.15) is 0 Å². The molecule has 0 amide bonds. The molecule has 9 rings (SSSR count). The minimum atomic E-state index is 0.563. The molecule has 406 valence electrons. The summed E-state index contributed by atoms with van der Waals surface area (Å²) in [5.74, 6) is 3.49. The summed E-state index contributed by atoms with van der Waals surface area (Å²) in [6, 6.07) is 39.0. The van der Waals surface area contributed by atoms with Gasteiger partial charge >= 0.3 is 0 Å². The maximum Gasteiger partial charge on any atom is 0.143 e. The lowest BCUT2D eigenvalue weighted by Gasteiger charge is -2.28. The lowest BCUT2D eigenvalue weighted by Crippen LogP contribution is -2.26. The van der Waals surface area contributed by atoms with E-state index in [0.29, 0.717) is 26.4 Å². The average molecular weight is 1050 g/mol. The summed E-state index contributed by atoms with van der Waals surface area (Å²) in [6.07, 6.45) is 21.6. The van der Waals surface area contributed by atoms with Crippen LogP contribution in [0.2, 0.25) is 0 Å². The van der Waals surface area contributed by atoms with Gasteiger partial charge in [-0.15, -0.1) is 0 Å². The lowest BCUT2D eigenvalue weighted by atomic mass is 10.1. The summed E-state index contributed by atoms with van der Waals surface area (Å²) in [4.78, 5) is 15.2. The standard InChI is InChI=1S/C68H80N6O4/c1-9-17-36-71(37-18-10-2)61-45-65(75-13-5)50(41-67(61)77-15-7)32-29-49-30-33-52(34-31-49)74-60-28-24-22-26-54(60)56-44-58(70-48-64(56)74)57-43-55-53-25-21-23-27-59(53)73(63(55)47-69-57)40-35-51-42-68(78-16-8)62(46-66(51)76-14-6)72(38-19-11-3)39-20-12-4/h21-35,40-48H,9-20,36-39H2,1-8H3/b32-29+,40-35+. The highest BCUT2D eigenvalue weighted by molar-refractivity contribution is 6.12. The Bertz CT molecular complexity index is 3480. The van der Waals surface area contributed by atoms with E-state index in [1.807, 2.05) is 26.2 Å². The van der Waals surface area contributed by atoms with Gasteiger partial charge in [-0.25, -0.2) is 0 Å². The third kappa shape index (κ3) is 12.0. The van der Waals surface area contributed by atoms with Crippen LogP contribution in [0.15, 0.2) is 122 Å². The number of benzene rings is 5. The van der Waals surface area contributed by atoms with Crippen LogP contribution in [-0.4, -0.2) is 71.7 Å². The molecule has 4 heterocycles. The number of pyridine rings is 2. The van der Waals surface area contributed by atoms with Gasteiger partial charge < -0.3 is 37.9 Å². The van der Waals surface area contributed by atoms with Gasteiger partial charge in [0, 0.05) is 82.9 Å². The number of rotatable bonds is 28. The van der Waals surface area contributed by atoms with E-state index >= 15 is 0 Å². The van der Waals surface area contributed by atoms with Crippen molar-refractivity contribution in [2.45, 2.75) is 107 Å². The first kappa shape index (κ1) is 55.0. The van der Waals surface area contributed by atoms with E-state index in [2.05, 4.69) is 194 Å². The quantitative estimate of drug-likeness (QED) is 0.0449. The van der Waals surface area contributed by atoms with Gasteiger partial charge in [0.05, 0.1) is 83.7 Å². The molecule has 0 unspecified atom stereocenters. The van der Waals surface area contributed by atoms with Crippen LogP contribution < -0.4 is 28.7 Å². The summed E-state index contributed by atoms with van der Waals surface area (Å²) in [5.41, 5.74) is 12.2. The maximum absolute atomic E-state index is 6.36. The van der Waals surface area contributed by atoms with Gasteiger partial charge in [0.15, 0.2) is 0 Å². The first-order chi connectivity index (χ1) is 38.4. The van der Waals surface area contributed by atoms with Crippen molar-refractivity contribution >= 4 is 79.4 Å². The Hall–Kier alpha value is -7.72. The minimum Gasteiger partial charge on any atom is -0.493 e. The molecule has 10 nitrogen and oxygen atoms in total. The summed E-state index contributed by atoms with van der Waals surface area (Å²) in [5, 5.41) is 4.52. The second-order valence-corrected chi connectivity index (χ2v) is 20.0. The Kier molecular flexibility index (Phi) is 18.7. The lowest BCUT2D eigenvalue weighted by molar-refractivity contribution is 0.330. The molecule has 0 saturated heterocycles. The number of anilines is 2. The van der Waals surface area contributed by atoms with E-state index in [-0.39, 0.29) is 0 Å². The van der Waals surface area contributed by atoms with Crippen molar-refractivity contribution in [3.63, 3.8) is 0 Å². The fourth-order valence-electron chi connectivity index (χ4n) is 10.6. The zero-order valence-electron chi connectivity index (χ0n) is 47.5. The molecular formula is C68H80N6O4. The highest BCUT2D eigenvalue weighted by Gasteiger charge is 2.21. The van der Waals surface area contributed by atoms with Crippen LogP contribution in [0.5, 0.6) is 23.0 Å². The number of unbranched alkanes of at least 4 members (excludes halogenated alkanes) is 4. The highest BCUT2D eigenvalue weighted by Crippen LogP contribution is 2.41. The molecule has 0 atom stereocenters. The van der Waals surface area contributed by atoms with Crippen molar-refractivity contribution in [3.05, 3.63) is 138 Å². The Balaban J connectivity index is 1.03. The molecule has 10 heteroatoms. The van der Waals surface area contributed by atoms with Gasteiger partial charge in [0.2, 0.25) is 0 Å². The fourth-order valence-corrected chi connectivity index (χ4v) is 10.6. The normalized spacial score (nSPS) is 11.8. The Morgan fingerprint density at radius 1 is 0.423 bits per heavy atom. The number of hydrogen-bond acceptors (Lipinski definition) is 8. The van der Waals surface area contributed by atoms with Crippen LogP contribution in [-0.2, 0) is 0 Å². The molecule has 0 saturated carbocycles. The van der Waals surface area contributed by atoms with E-state index in [0.717, 1.165) is 189 Å². The predicted molar refractivity (Wildman–Crippen MR) is 331 cm³/mol. The van der Waals surface area contributed by atoms with Gasteiger partial charge in [-0.3, -0.25) is 9.97 Å². The largest absolute Gasteiger partial charge is 0.493 e. The number of para-hydroxylation sites is 2. The van der Waals surface area contributed by atoms with Gasteiger partial charge in [-0.05, 0) is 114 Å². The number of hydrogen-bond donors (Lipinski definition) is 0. The summed E-state index contributed by atoms with van der Waals surface area (Å²) < 4.78 is 29.8. The van der Waals surface area contributed by atoms with Crippen LogP contribution in [0.25, 0.3) is 85.1 Å². The molecule has 0 radical (unpaired) electrons. The third-order valence-corrected chi connectivity index (χ3v) is 14.6. The van der Waals surface area contributed by atoms with Crippen molar-refractivity contribution in [1.82, 2.24) is 19.1 Å². The topological polar surface area (TPSA) is 79.0 Å². The molecule has 0 aliphatic carbocycles. The molecular weight excluding hydrogens is 965 g/mol. The Labute approximate surface area is 462 Å². The molecule has 0 aliphatic rings. The minimum absolute atomic E-state index is 0.563.